The summed E-state index contributed by atoms with van der Waals surface area (Å²) in [5.41, 5.74) is -0.925. The standard InChI is InChI=1S/C14H20O4/c1-3-5-7-10-9-12(16)13(14(17)18-10)11(15)8-6-4-2/h9,16H,3-8H2,1-2H3. The highest BCUT2D eigenvalue weighted by molar-refractivity contribution is 5.97. The van der Waals surface area contributed by atoms with Crippen LogP contribution in [0, 0.1) is 0 Å². The van der Waals surface area contributed by atoms with E-state index in [0.717, 1.165) is 19.3 Å². The van der Waals surface area contributed by atoms with Crippen LogP contribution in [0.1, 0.15) is 62.1 Å². The van der Waals surface area contributed by atoms with E-state index < -0.39 is 5.63 Å². The summed E-state index contributed by atoms with van der Waals surface area (Å²) >= 11 is 0. The van der Waals surface area contributed by atoms with Gasteiger partial charge in [0, 0.05) is 18.9 Å². The largest absolute Gasteiger partial charge is 0.507 e. The van der Waals surface area contributed by atoms with Crippen molar-refractivity contribution in [3.05, 3.63) is 27.8 Å². The topological polar surface area (TPSA) is 67.5 Å². The van der Waals surface area contributed by atoms with Crippen LogP contribution in [0.2, 0.25) is 0 Å². The predicted octanol–water partition coefficient (Wildman–Crippen LogP) is 3.06. The molecule has 0 spiro atoms. The summed E-state index contributed by atoms with van der Waals surface area (Å²) in [5.74, 6) is -0.157. The van der Waals surface area contributed by atoms with Gasteiger partial charge in [-0.3, -0.25) is 4.79 Å². The molecule has 1 N–H and O–H groups in total. The summed E-state index contributed by atoms with van der Waals surface area (Å²) in [6.45, 7) is 3.99. The second kappa shape index (κ2) is 6.99. The molecule has 1 heterocycles. The normalized spacial score (nSPS) is 10.6. The predicted molar refractivity (Wildman–Crippen MR) is 69.1 cm³/mol. The third kappa shape index (κ3) is 3.72. The van der Waals surface area contributed by atoms with Gasteiger partial charge in [-0.25, -0.2) is 4.79 Å². The minimum atomic E-state index is -0.720. The van der Waals surface area contributed by atoms with E-state index >= 15 is 0 Å². The monoisotopic (exact) mass is 252 g/mol. The van der Waals surface area contributed by atoms with Gasteiger partial charge in [0.15, 0.2) is 5.78 Å². The van der Waals surface area contributed by atoms with Gasteiger partial charge in [-0.2, -0.15) is 0 Å². The molecule has 0 saturated heterocycles. The highest BCUT2D eigenvalue weighted by atomic mass is 16.4. The van der Waals surface area contributed by atoms with E-state index in [9.17, 15) is 14.7 Å². The van der Waals surface area contributed by atoms with Gasteiger partial charge < -0.3 is 9.52 Å². The minimum absolute atomic E-state index is 0.205. The molecule has 0 fully saturated rings. The first-order chi connectivity index (χ1) is 8.60. The molecule has 0 aliphatic rings. The average Bonchev–Trinajstić information content (AvgIpc) is 2.33. The van der Waals surface area contributed by atoms with Crippen LogP contribution in [-0.2, 0) is 6.42 Å². The Labute approximate surface area is 107 Å². The Morgan fingerprint density at radius 2 is 1.94 bits per heavy atom. The van der Waals surface area contributed by atoms with Gasteiger partial charge in [0.2, 0.25) is 0 Å². The maximum atomic E-state index is 11.8. The Balaban J connectivity index is 2.94. The Morgan fingerprint density at radius 3 is 2.50 bits per heavy atom. The molecule has 0 radical (unpaired) electrons. The Bertz CT molecular complexity index is 459. The summed E-state index contributed by atoms with van der Waals surface area (Å²) in [6, 6.07) is 1.39. The molecule has 0 atom stereocenters. The molecule has 1 aromatic rings. The molecule has 4 heteroatoms. The molecule has 0 amide bonds. The highest BCUT2D eigenvalue weighted by Crippen LogP contribution is 2.18. The Hall–Kier alpha value is -1.58. The van der Waals surface area contributed by atoms with E-state index in [1.165, 1.54) is 6.07 Å². The summed E-state index contributed by atoms with van der Waals surface area (Å²) in [4.78, 5) is 23.4. The molecule has 0 saturated carbocycles. The molecule has 0 unspecified atom stereocenters. The second-order valence-electron chi connectivity index (χ2n) is 4.39. The van der Waals surface area contributed by atoms with E-state index in [-0.39, 0.29) is 23.5 Å². The van der Waals surface area contributed by atoms with Crippen molar-refractivity contribution in [2.75, 3.05) is 0 Å². The van der Waals surface area contributed by atoms with Gasteiger partial charge in [0.25, 0.3) is 0 Å². The van der Waals surface area contributed by atoms with E-state index in [1.807, 2.05) is 13.8 Å². The van der Waals surface area contributed by atoms with Crippen LogP contribution in [-0.4, -0.2) is 10.9 Å². The Morgan fingerprint density at radius 1 is 1.28 bits per heavy atom. The quantitative estimate of drug-likeness (QED) is 0.757. The number of aryl methyl sites for hydroxylation is 1. The van der Waals surface area contributed by atoms with E-state index in [2.05, 4.69) is 0 Å². The van der Waals surface area contributed by atoms with Gasteiger partial charge in [-0.05, 0) is 12.8 Å². The maximum absolute atomic E-state index is 11.8. The molecule has 4 nitrogen and oxygen atoms in total. The van der Waals surface area contributed by atoms with Crippen molar-refractivity contribution in [3.63, 3.8) is 0 Å². The zero-order valence-corrected chi connectivity index (χ0v) is 11.0. The molecule has 100 valence electrons. The fraction of sp³-hybridized carbons (Fsp3) is 0.571. The summed E-state index contributed by atoms with van der Waals surface area (Å²) in [7, 11) is 0. The van der Waals surface area contributed by atoms with Crippen LogP contribution < -0.4 is 5.63 Å². The average molecular weight is 252 g/mol. The van der Waals surface area contributed by atoms with Crippen LogP contribution >= 0.6 is 0 Å². The van der Waals surface area contributed by atoms with Crippen molar-refractivity contribution < 1.29 is 14.3 Å². The molecular formula is C14H20O4. The van der Waals surface area contributed by atoms with Gasteiger partial charge in [0.05, 0.1) is 0 Å². The highest BCUT2D eigenvalue weighted by Gasteiger charge is 2.18. The van der Waals surface area contributed by atoms with Crippen molar-refractivity contribution in [2.45, 2.75) is 52.4 Å². The van der Waals surface area contributed by atoms with Crippen molar-refractivity contribution in [2.24, 2.45) is 0 Å². The summed E-state index contributed by atoms with van der Waals surface area (Å²) in [5, 5.41) is 9.76. The molecule has 18 heavy (non-hydrogen) atoms. The lowest BCUT2D eigenvalue weighted by Gasteiger charge is -2.04. The van der Waals surface area contributed by atoms with Crippen LogP contribution in [0.5, 0.6) is 5.75 Å². The molecule has 0 bridgehead atoms. The van der Waals surface area contributed by atoms with Crippen LogP contribution in [0.3, 0.4) is 0 Å². The van der Waals surface area contributed by atoms with Gasteiger partial charge in [-0.15, -0.1) is 0 Å². The Kier molecular flexibility index (Phi) is 5.62. The number of Topliss-reactive ketones (excluding diaryl/α,β-unsaturated/α-hetero) is 1. The molecule has 0 aliphatic carbocycles. The number of hydrogen-bond acceptors (Lipinski definition) is 4. The lowest BCUT2D eigenvalue weighted by atomic mass is 10.1. The fourth-order valence-corrected chi connectivity index (χ4v) is 1.72. The number of carbonyl (C=O) groups excluding carboxylic acids is 1. The van der Waals surface area contributed by atoms with Crippen molar-refractivity contribution in [3.8, 4) is 5.75 Å². The fourth-order valence-electron chi connectivity index (χ4n) is 1.72. The number of rotatable bonds is 7. The van der Waals surface area contributed by atoms with Crippen LogP contribution in [0.25, 0.3) is 0 Å². The molecule has 0 aliphatic heterocycles. The van der Waals surface area contributed by atoms with E-state index in [1.54, 1.807) is 0 Å². The summed E-state index contributed by atoms with van der Waals surface area (Å²) in [6.07, 6.45) is 4.29. The summed E-state index contributed by atoms with van der Waals surface area (Å²) < 4.78 is 5.06. The van der Waals surface area contributed by atoms with Gasteiger partial charge in [0.1, 0.15) is 17.1 Å². The second-order valence-corrected chi connectivity index (χ2v) is 4.39. The lowest BCUT2D eigenvalue weighted by molar-refractivity contribution is 0.0972. The third-order valence-electron chi connectivity index (χ3n) is 2.79. The first-order valence-corrected chi connectivity index (χ1v) is 6.49. The number of aromatic hydroxyl groups is 1. The lowest BCUT2D eigenvalue weighted by Crippen LogP contribution is -2.15. The zero-order valence-electron chi connectivity index (χ0n) is 11.0. The maximum Gasteiger partial charge on any atom is 0.350 e. The third-order valence-corrected chi connectivity index (χ3v) is 2.79. The SMILES string of the molecule is CCCCC(=O)c1c(O)cc(CCCC)oc1=O. The number of ketones is 1. The van der Waals surface area contributed by atoms with Gasteiger partial charge >= 0.3 is 5.63 Å². The van der Waals surface area contributed by atoms with Crippen molar-refractivity contribution in [1.29, 1.82) is 0 Å². The number of unbranched alkanes of at least 4 members (excludes halogenated alkanes) is 2. The minimum Gasteiger partial charge on any atom is -0.507 e. The van der Waals surface area contributed by atoms with E-state index in [4.69, 9.17) is 4.42 Å². The first-order valence-electron chi connectivity index (χ1n) is 6.49. The van der Waals surface area contributed by atoms with Crippen LogP contribution in [0.4, 0.5) is 0 Å². The molecule has 1 aromatic heterocycles. The van der Waals surface area contributed by atoms with Gasteiger partial charge in [-0.1, -0.05) is 26.7 Å². The van der Waals surface area contributed by atoms with E-state index in [0.29, 0.717) is 18.6 Å². The first kappa shape index (κ1) is 14.5. The van der Waals surface area contributed by atoms with Crippen molar-refractivity contribution in [1.82, 2.24) is 0 Å². The number of carbonyl (C=O) groups is 1. The number of hydrogen-bond donors (Lipinski definition) is 1. The van der Waals surface area contributed by atoms with Crippen LogP contribution in [0.15, 0.2) is 15.3 Å². The molecule has 0 aromatic carbocycles. The molecular weight excluding hydrogens is 232 g/mol. The zero-order chi connectivity index (χ0) is 13.5. The smallest absolute Gasteiger partial charge is 0.350 e. The molecule has 1 rings (SSSR count). The van der Waals surface area contributed by atoms with Crippen molar-refractivity contribution >= 4 is 5.78 Å².